The van der Waals surface area contributed by atoms with E-state index in [1.165, 1.54) is 6.42 Å². The maximum Gasteiger partial charge on any atom is 0.137 e. The van der Waals surface area contributed by atoms with Gasteiger partial charge in [0.05, 0.1) is 0 Å². The molecule has 0 spiro atoms. The van der Waals surface area contributed by atoms with E-state index in [0.29, 0.717) is 11.7 Å². The molecule has 2 fully saturated rings. The summed E-state index contributed by atoms with van der Waals surface area (Å²) >= 11 is 3.61. The van der Waals surface area contributed by atoms with Crippen LogP contribution in [-0.2, 0) is 4.79 Å². The number of alkyl halides is 1. The van der Waals surface area contributed by atoms with E-state index in [2.05, 4.69) is 15.9 Å². The molecule has 2 aliphatic rings. The van der Waals surface area contributed by atoms with E-state index >= 15 is 0 Å². The normalized spacial score (nSPS) is 48.6. The van der Waals surface area contributed by atoms with Gasteiger partial charge in [0.15, 0.2) is 0 Å². The molecule has 0 heterocycles. The molecule has 50 valence electrons. The Balaban J connectivity index is 2.28. The number of carbonyl (C=O) groups excluding carboxylic acids is 1. The molecule has 2 heteroatoms. The van der Waals surface area contributed by atoms with Crippen molar-refractivity contribution in [3.63, 3.8) is 0 Å². The number of rotatable bonds is 0. The number of halogens is 1. The average molecular weight is 189 g/mol. The van der Waals surface area contributed by atoms with Crippen LogP contribution in [0.1, 0.15) is 25.7 Å². The number of carbonyl (C=O) groups is 1. The van der Waals surface area contributed by atoms with Crippen LogP contribution < -0.4 is 0 Å². The highest BCUT2D eigenvalue weighted by molar-refractivity contribution is 9.10. The van der Waals surface area contributed by atoms with Crippen LogP contribution in [0.2, 0.25) is 0 Å². The number of Topliss-reactive ketones (excluding diaryl/α,β-unsaturated/α-hetero) is 1. The summed E-state index contributed by atoms with van der Waals surface area (Å²) in [4.78, 5) is 11.0. The molecule has 2 aliphatic carbocycles. The molecule has 2 atom stereocenters. The molecule has 0 N–H and O–H groups in total. The van der Waals surface area contributed by atoms with Crippen molar-refractivity contribution >= 4 is 21.7 Å². The Labute approximate surface area is 62.9 Å². The van der Waals surface area contributed by atoms with Crippen molar-refractivity contribution < 1.29 is 4.79 Å². The summed E-state index contributed by atoms with van der Waals surface area (Å²) in [6.07, 6.45) is 4.23. The van der Waals surface area contributed by atoms with Crippen LogP contribution in [0.15, 0.2) is 0 Å². The minimum absolute atomic E-state index is 0.245. The highest BCUT2D eigenvalue weighted by atomic mass is 79.9. The van der Waals surface area contributed by atoms with Gasteiger partial charge in [-0.25, -0.2) is 0 Å². The Morgan fingerprint density at radius 1 is 1.67 bits per heavy atom. The maximum atomic E-state index is 11.0. The second-order valence-corrected chi connectivity index (χ2v) is 4.92. The van der Waals surface area contributed by atoms with Crippen molar-refractivity contribution in [3.8, 4) is 0 Å². The average Bonchev–Trinajstić information content (AvgIpc) is 2.20. The van der Waals surface area contributed by atoms with Gasteiger partial charge in [-0.3, -0.25) is 4.79 Å². The van der Waals surface area contributed by atoms with Crippen molar-refractivity contribution in [1.82, 2.24) is 0 Å². The molecule has 2 unspecified atom stereocenters. The van der Waals surface area contributed by atoms with Crippen LogP contribution in [0.25, 0.3) is 0 Å². The summed E-state index contributed by atoms with van der Waals surface area (Å²) in [5.41, 5.74) is 0. The highest BCUT2D eigenvalue weighted by Crippen LogP contribution is 2.50. The lowest BCUT2D eigenvalue weighted by molar-refractivity contribution is -0.121. The number of fused-ring (bicyclic) bond motifs is 2. The van der Waals surface area contributed by atoms with Gasteiger partial charge in [0.1, 0.15) is 5.78 Å². The second-order valence-electron chi connectivity index (χ2n) is 3.23. The predicted octanol–water partition coefficient (Wildman–Crippen LogP) is 1.89. The van der Waals surface area contributed by atoms with Crippen molar-refractivity contribution in [2.45, 2.75) is 30.0 Å². The fourth-order valence-electron chi connectivity index (χ4n) is 1.97. The topological polar surface area (TPSA) is 17.1 Å². The quantitative estimate of drug-likeness (QED) is 0.532. The number of hydrogen-bond donors (Lipinski definition) is 0. The van der Waals surface area contributed by atoms with E-state index in [1.54, 1.807) is 0 Å². The van der Waals surface area contributed by atoms with Gasteiger partial charge in [-0.15, -0.1) is 0 Å². The SMILES string of the molecule is O=C1CC2(Br)CCC1C2. The van der Waals surface area contributed by atoms with Gasteiger partial charge in [-0.1, -0.05) is 15.9 Å². The van der Waals surface area contributed by atoms with Crippen LogP contribution in [0.3, 0.4) is 0 Å². The Morgan fingerprint density at radius 3 is 2.67 bits per heavy atom. The molecule has 2 rings (SSSR count). The molecular weight excluding hydrogens is 180 g/mol. The zero-order valence-electron chi connectivity index (χ0n) is 5.19. The van der Waals surface area contributed by atoms with Gasteiger partial charge in [0.2, 0.25) is 0 Å². The van der Waals surface area contributed by atoms with Crippen LogP contribution in [0, 0.1) is 5.92 Å². The van der Waals surface area contributed by atoms with E-state index in [4.69, 9.17) is 0 Å². The standard InChI is InChI=1S/C7H9BrO/c8-7-2-1-5(3-7)6(9)4-7/h5H,1-4H2. The largest absolute Gasteiger partial charge is 0.299 e. The Kier molecular flexibility index (Phi) is 1.05. The molecule has 0 saturated heterocycles. The smallest absolute Gasteiger partial charge is 0.137 e. The molecule has 0 aromatic carbocycles. The first-order valence-corrected chi connectivity index (χ1v) is 4.21. The lowest BCUT2D eigenvalue weighted by Gasteiger charge is -2.15. The van der Waals surface area contributed by atoms with Crippen molar-refractivity contribution in [2.24, 2.45) is 5.92 Å². The van der Waals surface area contributed by atoms with Crippen LogP contribution in [0.5, 0.6) is 0 Å². The van der Waals surface area contributed by atoms with Gasteiger partial charge in [-0.05, 0) is 19.3 Å². The molecule has 2 saturated carbocycles. The fourth-order valence-corrected chi connectivity index (χ4v) is 2.87. The lowest BCUT2D eigenvalue weighted by atomic mass is 10.00. The summed E-state index contributed by atoms with van der Waals surface area (Å²) < 4.78 is 0.245. The molecule has 0 radical (unpaired) electrons. The zero-order valence-corrected chi connectivity index (χ0v) is 6.78. The first-order valence-electron chi connectivity index (χ1n) is 3.41. The first-order chi connectivity index (χ1) is 4.20. The monoisotopic (exact) mass is 188 g/mol. The van der Waals surface area contributed by atoms with Gasteiger partial charge in [0.25, 0.3) is 0 Å². The van der Waals surface area contributed by atoms with Gasteiger partial charge < -0.3 is 0 Å². The minimum atomic E-state index is 0.245. The Morgan fingerprint density at radius 2 is 2.44 bits per heavy atom. The summed E-state index contributed by atoms with van der Waals surface area (Å²) in [5.74, 6) is 0.905. The van der Waals surface area contributed by atoms with Crippen molar-refractivity contribution in [1.29, 1.82) is 0 Å². The third-order valence-corrected chi connectivity index (χ3v) is 3.50. The maximum absolute atomic E-state index is 11.0. The van der Waals surface area contributed by atoms with Gasteiger partial charge in [0, 0.05) is 16.7 Å². The molecule has 0 aromatic rings. The Hall–Kier alpha value is 0.150. The Bertz CT molecular complexity index is 166. The summed E-state index contributed by atoms with van der Waals surface area (Å²) in [7, 11) is 0. The lowest BCUT2D eigenvalue weighted by Crippen LogP contribution is -2.16. The predicted molar refractivity (Wildman–Crippen MR) is 38.6 cm³/mol. The third-order valence-electron chi connectivity index (χ3n) is 2.50. The summed E-state index contributed by atoms with van der Waals surface area (Å²) in [5, 5.41) is 0. The van der Waals surface area contributed by atoms with E-state index in [-0.39, 0.29) is 4.32 Å². The molecular formula is C7H9BrO. The van der Waals surface area contributed by atoms with Gasteiger partial charge >= 0.3 is 0 Å². The molecule has 0 amide bonds. The molecule has 0 aromatic heterocycles. The second kappa shape index (κ2) is 1.60. The summed E-state index contributed by atoms with van der Waals surface area (Å²) in [6.45, 7) is 0. The van der Waals surface area contributed by atoms with Crippen LogP contribution >= 0.6 is 15.9 Å². The number of ketones is 1. The summed E-state index contributed by atoms with van der Waals surface area (Å²) in [6, 6.07) is 0. The van der Waals surface area contributed by atoms with Crippen molar-refractivity contribution in [3.05, 3.63) is 0 Å². The third kappa shape index (κ3) is 0.759. The molecule has 9 heavy (non-hydrogen) atoms. The number of hydrogen-bond acceptors (Lipinski definition) is 1. The first kappa shape index (κ1) is 5.90. The van der Waals surface area contributed by atoms with Crippen LogP contribution in [0.4, 0.5) is 0 Å². The van der Waals surface area contributed by atoms with E-state index in [9.17, 15) is 4.79 Å². The highest BCUT2D eigenvalue weighted by Gasteiger charge is 2.48. The molecule has 0 aliphatic heterocycles. The molecule has 1 nitrogen and oxygen atoms in total. The van der Waals surface area contributed by atoms with Gasteiger partial charge in [-0.2, -0.15) is 0 Å². The molecule has 2 bridgehead atoms. The van der Waals surface area contributed by atoms with E-state index in [0.717, 1.165) is 19.3 Å². The minimum Gasteiger partial charge on any atom is -0.299 e. The van der Waals surface area contributed by atoms with Crippen molar-refractivity contribution in [2.75, 3.05) is 0 Å². The van der Waals surface area contributed by atoms with Crippen LogP contribution in [-0.4, -0.2) is 10.1 Å². The van der Waals surface area contributed by atoms with E-state index in [1.807, 2.05) is 0 Å². The van der Waals surface area contributed by atoms with E-state index < -0.39 is 0 Å². The zero-order chi connectivity index (χ0) is 6.48. The fraction of sp³-hybridized carbons (Fsp3) is 0.857.